The molecule has 0 saturated carbocycles. The van der Waals surface area contributed by atoms with Gasteiger partial charge in [-0.15, -0.1) is 5.10 Å². The number of esters is 1. The Morgan fingerprint density at radius 1 is 1.35 bits per heavy atom. The van der Waals surface area contributed by atoms with Crippen LogP contribution in [-0.4, -0.2) is 69.3 Å². The first kappa shape index (κ1) is 16.9. The number of methoxy groups -OCH3 is 1. The van der Waals surface area contributed by atoms with E-state index in [1.165, 1.54) is 29.9 Å². The van der Waals surface area contributed by atoms with Gasteiger partial charge in [-0.25, -0.2) is 4.98 Å². The average molecular weight is 339 g/mol. The lowest BCUT2D eigenvalue weighted by Crippen LogP contribution is -2.16. The zero-order valence-corrected chi connectivity index (χ0v) is 14.1. The molecule has 23 heavy (non-hydrogen) atoms. The van der Waals surface area contributed by atoms with Crippen LogP contribution in [0.4, 0.5) is 5.95 Å². The molecule has 0 bridgehead atoms. The molecule has 10 nitrogen and oxygen atoms in total. The van der Waals surface area contributed by atoms with Crippen LogP contribution < -0.4 is 9.64 Å². The molecule has 2 rings (SSSR count). The van der Waals surface area contributed by atoms with Gasteiger partial charge in [0.25, 0.3) is 5.95 Å². The van der Waals surface area contributed by atoms with Gasteiger partial charge in [-0.2, -0.15) is 19.6 Å². The van der Waals surface area contributed by atoms with E-state index in [9.17, 15) is 4.79 Å². The third kappa shape index (κ3) is 4.52. The molecular weight excluding hydrogens is 322 g/mol. The molecule has 2 heterocycles. The van der Waals surface area contributed by atoms with Crippen molar-refractivity contribution in [2.24, 2.45) is 0 Å². The molecule has 0 aromatic carbocycles. The minimum Gasteiger partial charge on any atom is -0.467 e. The molecule has 0 fully saturated rings. The maximum atomic E-state index is 11.3. The molecule has 0 unspecified atom stereocenters. The van der Waals surface area contributed by atoms with Crippen LogP contribution in [0, 0.1) is 0 Å². The van der Waals surface area contributed by atoms with E-state index >= 15 is 0 Å². The Kier molecular flexibility index (Phi) is 5.68. The van der Waals surface area contributed by atoms with Crippen LogP contribution in [0.5, 0.6) is 6.01 Å². The fourth-order valence-electron chi connectivity index (χ4n) is 1.47. The third-order valence-corrected chi connectivity index (χ3v) is 3.30. The van der Waals surface area contributed by atoms with Gasteiger partial charge in [-0.1, -0.05) is 11.8 Å². The Labute approximate surface area is 137 Å². The van der Waals surface area contributed by atoms with E-state index in [1.54, 1.807) is 25.9 Å². The zero-order chi connectivity index (χ0) is 16.8. The molecule has 0 aliphatic carbocycles. The fraction of sp³-hybridized carbons (Fsp3) is 0.500. The highest BCUT2D eigenvalue weighted by Gasteiger charge is 2.13. The monoisotopic (exact) mass is 339 g/mol. The molecule has 0 spiro atoms. The number of thioether (sulfide) groups is 1. The molecule has 0 radical (unpaired) electrons. The molecule has 0 atom stereocenters. The van der Waals surface area contributed by atoms with Crippen molar-refractivity contribution >= 4 is 23.7 Å². The summed E-state index contributed by atoms with van der Waals surface area (Å²) < 4.78 is 11.3. The summed E-state index contributed by atoms with van der Waals surface area (Å²) in [5.41, 5.74) is 0. The second-order valence-electron chi connectivity index (χ2n) is 4.38. The quantitative estimate of drug-likeness (QED) is 0.512. The highest BCUT2D eigenvalue weighted by Crippen LogP contribution is 2.15. The van der Waals surface area contributed by atoms with Gasteiger partial charge in [0.05, 0.1) is 19.5 Å². The van der Waals surface area contributed by atoms with Crippen molar-refractivity contribution in [3.05, 3.63) is 6.33 Å². The van der Waals surface area contributed by atoms with E-state index in [0.29, 0.717) is 17.7 Å². The first-order valence-corrected chi connectivity index (χ1v) is 7.70. The van der Waals surface area contributed by atoms with E-state index in [2.05, 4.69) is 25.0 Å². The van der Waals surface area contributed by atoms with E-state index < -0.39 is 0 Å². The summed E-state index contributed by atoms with van der Waals surface area (Å²) in [6, 6.07) is 0.176. The second kappa shape index (κ2) is 7.72. The highest BCUT2D eigenvalue weighted by molar-refractivity contribution is 7.99. The van der Waals surface area contributed by atoms with E-state index in [0.717, 1.165) is 0 Å². The largest absolute Gasteiger partial charge is 0.467 e. The third-order valence-electron chi connectivity index (χ3n) is 2.47. The van der Waals surface area contributed by atoms with Crippen molar-refractivity contribution in [2.75, 3.05) is 38.5 Å². The fourth-order valence-corrected chi connectivity index (χ4v) is 2.06. The van der Waals surface area contributed by atoms with Crippen LogP contribution in [0.25, 0.3) is 5.95 Å². The Hall–Kier alpha value is -2.43. The van der Waals surface area contributed by atoms with Crippen LogP contribution in [0.15, 0.2) is 11.5 Å². The lowest BCUT2D eigenvalue weighted by atomic mass is 10.7. The topological polar surface area (TPSA) is 108 Å². The Morgan fingerprint density at radius 2 is 2.13 bits per heavy atom. The van der Waals surface area contributed by atoms with Gasteiger partial charge < -0.3 is 14.4 Å². The molecule has 0 aliphatic heterocycles. The predicted octanol–water partition coefficient (Wildman–Crippen LogP) is 0.182. The van der Waals surface area contributed by atoms with Gasteiger partial charge in [0.15, 0.2) is 0 Å². The number of hydrogen-bond acceptors (Lipinski definition) is 10. The Morgan fingerprint density at radius 3 is 2.78 bits per heavy atom. The number of ether oxygens (including phenoxy) is 2. The summed E-state index contributed by atoms with van der Waals surface area (Å²) in [4.78, 5) is 29.7. The average Bonchev–Trinajstić information content (AvgIpc) is 3.01. The molecular formula is C12H17N7O3S. The summed E-state index contributed by atoms with van der Waals surface area (Å²) in [5, 5.41) is 4.64. The van der Waals surface area contributed by atoms with Crippen LogP contribution in [0.1, 0.15) is 6.92 Å². The van der Waals surface area contributed by atoms with Crippen LogP contribution in [-0.2, 0) is 9.53 Å². The number of hydrogen-bond donors (Lipinski definition) is 0. The van der Waals surface area contributed by atoms with Crippen LogP contribution in [0.3, 0.4) is 0 Å². The summed E-state index contributed by atoms with van der Waals surface area (Å²) >= 11 is 1.17. The number of carbonyl (C=O) groups excluding carboxylic acids is 1. The van der Waals surface area contributed by atoms with Gasteiger partial charge in [0, 0.05) is 14.1 Å². The van der Waals surface area contributed by atoms with Gasteiger partial charge in [-0.3, -0.25) is 4.79 Å². The van der Waals surface area contributed by atoms with Crippen LogP contribution in [0.2, 0.25) is 0 Å². The van der Waals surface area contributed by atoms with Gasteiger partial charge >= 0.3 is 12.0 Å². The Bertz CT molecular complexity index is 676. The Balaban J connectivity index is 2.16. The van der Waals surface area contributed by atoms with Crippen molar-refractivity contribution in [1.82, 2.24) is 29.7 Å². The SMILES string of the molecule is CCOC(=O)CSc1ncn(-c2nc(OC)nc(N(C)C)n2)n1. The number of carbonyl (C=O) groups is 1. The van der Waals surface area contributed by atoms with E-state index in [1.807, 2.05) is 0 Å². The van der Waals surface area contributed by atoms with Crippen molar-refractivity contribution in [1.29, 1.82) is 0 Å². The van der Waals surface area contributed by atoms with Crippen molar-refractivity contribution in [2.45, 2.75) is 12.1 Å². The lowest BCUT2D eigenvalue weighted by Gasteiger charge is -2.11. The first-order valence-electron chi connectivity index (χ1n) is 6.71. The van der Waals surface area contributed by atoms with Gasteiger partial charge in [0.2, 0.25) is 11.1 Å². The number of rotatable bonds is 7. The minimum atomic E-state index is -0.314. The summed E-state index contributed by atoms with van der Waals surface area (Å²) in [6.07, 6.45) is 1.46. The molecule has 0 amide bonds. The normalized spacial score (nSPS) is 10.4. The zero-order valence-electron chi connectivity index (χ0n) is 13.3. The highest BCUT2D eigenvalue weighted by atomic mass is 32.2. The smallest absolute Gasteiger partial charge is 0.322 e. The molecule has 2 aromatic rings. The molecule has 124 valence electrons. The van der Waals surface area contributed by atoms with Gasteiger partial charge in [0.1, 0.15) is 6.33 Å². The number of aromatic nitrogens is 6. The standard InChI is InChI=1S/C12H17N7O3S/c1-5-22-8(20)6-23-12-13-7-19(17-12)10-14-9(18(2)3)15-11(16-10)21-4/h7H,5-6H2,1-4H3. The number of anilines is 1. The van der Waals surface area contributed by atoms with Crippen LogP contribution >= 0.6 is 11.8 Å². The molecule has 0 saturated heterocycles. The molecule has 2 aromatic heterocycles. The molecule has 0 N–H and O–H groups in total. The van der Waals surface area contributed by atoms with Crippen molar-refractivity contribution < 1.29 is 14.3 Å². The number of nitrogens with zero attached hydrogens (tertiary/aromatic N) is 7. The summed E-state index contributed by atoms with van der Waals surface area (Å²) in [7, 11) is 5.08. The van der Waals surface area contributed by atoms with E-state index in [-0.39, 0.29) is 23.7 Å². The predicted molar refractivity (Wildman–Crippen MR) is 83.0 cm³/mol. The lowest BCUT2D eigenvalue weighted by molar-refractivity contribution is -0.139. The second-order valence-corrected chi connectivity index (χ2v) is 5.32. The molecule has 0 aliphatic rings. The molecule has 11 heteroatoms. The van der Waals surface area contributed by atoms with Gasteiger partial charge in [-0.05, 0) is 6.92 Å². The maximum absolute atomic E-state index is 11.3. The van der Waals surface area contributed by atoms with Crippen molar-refractivity contribution in [3.63, 3.8) is 0 Å². The van der Waals surface area contributed by atoms with Crippen molar-refractivity contribution in [3.8, 4) is 12.0 Å². The minimum absolute atomic E-state index is 0.140. The summed E-state index contributed by atoms with van der Waals surface area (Å²) in [6.45, 7) is 2.10. The van der Waals surface area contributed by atoms with E-state index in [4.69, 9.17) is 9.47 Å². The summed E-state index contributed by atoms with van der Waals surface area (Å²) in [5.74, 6) is 0.533. The first-order chi connectivity index (χ1) is 11.0. The maximum Gasteiger partial charge on any atom is 0.322 e.